The summed E-state index contributed by atoms with van der Waals surface area (Å²) < 4.78 is 5.10. The lowest BCUT2D eigenvalue weighted by molar-refractivity contribution is 0.0654. The minimum Gasteiger partial charge on any atom is -0.474 e. The van der Waals surface area contributed by atoms with Crippen LogP contribution in [0.3, 0.4) is 0 Å². The minimum absolute atomic E-state index is 0.265. The van der Waals surface area contributed by atoms with Crippen LogP contribution in [0, 0.1) is 0 Å². The van der Waals surface area contributed by atoms with Gasteiger partial charge in [0.2, 0.25) is 5.89 Å². The van der Waals surface area contributed by atoms with E-state index in [0.717, 1.165) is 18.4 Å². The molecule has 0 saturated heterocycles. The molecular weight excluding hydrogens is 232 g/mol. The Balaban J connectivity index is 1.98. The van der Waals surface area contributed by atoms with Crippen LogP contribution in [0.1, 0.15) is 34.7 Å². The summed E-state index contributed by atoms with van der Waals surface area (Å²) in [5.74, 6) is -1.31. The van der Waals surface area contributed by atoms with Crippen molar-refractivity contribution in [1.82, 2.24) is 10.2 Å². The maximum Gasteiger partial charge on any atom is 0.393 e. The van der Waals surface area contributed by atoms with Gasteiger partial charge in [0, 0.05) is 5.56 Å². The number of aromatic nitrogens is 2. The van der Waals surface area contributed by atoms with E-state index in [9.17, 15) is 4.79 Å². The Hall–Kier alpha value is -2.17. The summed E-state index contributed by atoms with van der Waals surface area (Å²) in [6.07, 6.45) is 4.60. The van der Waals surface area contributed by atoms with Crippen molar-refractivity contribution in [2.24, 2.45) is 0 Å². The SMILES string of the molecule is O=C(O)c1nnc(-c2ccc3c(c2)CCCC3)o1. The third-order valence-electron chi connectivity index (χ3n) is 3.20. The molecule has 18 heavy (non-hydrogen) atoms. The van der Waals surface area contributed by atoms with Crippen LogP contribution in [0.25, 0.3) is 11.5 Å². The molecule has 0 fully saturated rings. The molecule has 0 bridgehead atoms. The topological polar surface area (TPSA) is 76.2 Å². The lowest BCUT2D eigenvalue weighted by atomic mass is 9.90. The van der Waals surface area contributed by atoms with Gasteiger partial charge in [0.05, 0.1) is 0 Å². The fraction of sp³-hybridized carbons (Fsp3) is 0.308. The van der Waals surface area contributed by atoms with Crippen molar-refractivity contribution < 1.29 is 14.3 Å². The highest BCUT2D eigenvalue weighted by molar-refractivity contribution is 5.82. The lowest BCUT2D eigenvalue weighted by Crippen LogP contribution is -2.02. The van der Waals surface area contributed by atoms with Crippen molar-refractivity contribution in [3.8, 4) is 11.5 Å². The van der Waals surface area contributed by atoms with Gasteiger partial charge in [0.25, 0.3) is 0 Å². The quantitative estimate of drug-likeness (QED) is 0.877. The average Bonchev–Trinajstić information content (AvgIpc) is 2.88. The summed E-state index contributed by atoms with van der Waals surface area (Å²) in [4.78, 5) is 10.7. The second-order valence-corrected chi connectivity index (χ2v) is 4.41. The van der Waals surface area contributed by atoms with Gasteiger partial charge in [-0.25, -0.2) is 4.79 Å². The standard InChI is InChI=1S/C13H12N2O3/c16-13(17)12-15-14-11(18-12)10-6-5-8-3-1-2-4-9(8)7-10/h5-7H,1-4H2,(H,16,17). The molecule has 0 atom stereocenters. The van der Waals surface area contributed by atoms with Crippen LogP contribution < -0.4 is 0 Å². The maximum atomic E-state index is 10.7. The van der Waals surface area contributed by atoms with Gasteiger partial charge >= 0.3 is 11.9 Å². The highest BCUT2D eigenvalue weighted by atomic mass is 16.4. The average molecular weight is 244 g/mol. The maximum absolute atomic E-state index is 10.7. The highest BCUT2D eigenvalue weighted by Gasteiger charge is 2.16. The fourth-order valence-corrected chi connectivity index (χ4v) is 2.29. The van der Waals surface area contributed by atoms with Gasteiger partial charge in [-0.1, -0.05) is 6.07 Å². The van der Waals surface area contributed by atoms with E-state index in [1.807, 2.05) is 12.1 Å². The summed E-state index contributed by atoms with van der Waals surface area (Å²) in [6.45, 7) is 0. The van der Waals surface area contributed by atoms with Gasteiger partial charge < -0.3 is 9.52 Å². The molecule has 5 heteroatoms. The third-order valence-corrected chi connectivity index (χ3v) is 3.20. The first-order valence-electron chi connectivity index (χ1n) is 5.93. The van der Waals surface area contributed by atoms with Crippen molar-refractivity contribution in [3.05, 3.63) is 35.2 Å². The number of aromatic carboxylic acids is 1. The summed E-state index contributed by atoms with van der Waals surface area (Å²) >= 11 is 0. The Kier molecular flexibility index (Phi) is 2.59. The van der Waals surface area contributed by atoms with Crippen LogP contribution in [-0.4, -0.2) is 21.3 Å². The lowest BCUT2D eigenvalue weighted by Gasteiger charge is -2.15. The number of hydrogen-bond donors (Lipinski definition) is 1. The monoisotopic (exact) mass is 244 g/mol. The predicted molar refractivity (Wildman–Crippen MR) is 63.3 cm³/mol. The number of benzene rings is 1. The molecule has 2 aromatic rings. The van der Waals surface area contributed by atoms with Gasteiger partial charge in [0.1, 0.15) is 0 Å². The number of rotatable bonds is 2. The molecular formula is C13H12N2O3. The van der Waals surface area contributed by atoms with E-state index in [-0.39, 0.29) is 11.8 Å². The smallest absolute Gasteiger partial charge is 0.393 e. The number of aryl methyl sites for hydroxylation is 2. The van der Waals surface area contributed by atoms with Crippen molar-refractivity contribution in [2.75, 3.05) is 0 Å². The van der Waals surface area contributed by atoms with Gasteiger partial charge in [-0.05, 0) is 48.9 Å². The molecule has 5 nitrogen and oxygen atoms in total. The summed E-state index contributed by atoms with van der Waals surface area (Å²) in [5, 5.41) is 16.0. The summed E-state index contributed by atoms with van der Waals surface area (Å²) in [7, 11) is 0. The van der Waals surface area contributed by atoms with Gasteiger partial charge in [-0.15, -0.1) is 10.2 Å². The highest BCUT2D eigenvalue weighted by Crippen LogP contribution is 2.26. The first-order valence-corrected chi connectivity index (χ1v) is 5.93. The number of carboxylic acid groups (broad SMARTS) is 1. The predicted octanol–water partition coefficient (Wildman–Crippen LogP) is 2.31. The van der Waals surface area contributed by atoms with Gasteiger partial charge in [-0.3, -0.25) is 0 Å². The van der Waals surface area contributed by atoms with Crippen molar-refractivity contribution in [3.63, 3.8) is 0 Å². The Bertz CT molecular complexity index is 604. The number of nitrogens with zero attached hydrogens (tertiary/aromatic N) is 2. The molecule has 0 spiro atoms. The molecule has 0 aliphatic heterocycles. The Labute approximate surface area is 103 Å². The van der Waals surface area contributed by atoms with Crippen LogP contribution in [-0.2, 0) is 12.8 Å². The van der Waals surface area contributed by atoms with Gasteiger partial charge in [-0.2, -0.15) is 0 Å². The largest absolute Gasteiger partial charge is 0.474 e. The normalized spacial score (nSPS) is 14.2. The van der Waals surface area contributed by atoms with E-state index in [1.54, 1.807) is 0 Å². The number of carboxylic acids is 1. The zero-order valence-electron chi connectivity index (χ0n) is 9.72. The first kappa shape index (κ1) is 11.0. The van der Waals surface area contributed by atoms with Crippen LogP contribution >= 0.6 is 0 Å². The van der Waals surface area contributed by atoms with Crippen LogP contribution in [0.4, 0.5) is 0 Å². The van der Waals surface area contributed by atoms with Crippen molar-refractivity contribution in [1.29, 1.82) is 0 Å². The summed E-state index contributed by atoms with van der Waals surface area (Å²) in [5.41, 5.74) is 3.45. The molecule has 1 heterocycles. The molecule has 0 saturated carbocycles. The Morgan fingerprint density at radius 1 is 1.17 bits per heavy atom. The zero-order chi connectivity index (χ0) is 12.5. The van der Waals surface area contributed by atoms with Crippen LogP contribution in [0.15, 0.2) is 22.6 Å². The van der Waals surface area contributed by atoms with E-state index in [1.165, 1.54) is 24.0 Å². The molecule has 92 valence electrons. The van der Waals surface area contributed by atoms with Crippen molar-refractivity contribution >= 4 is 5.97 Å². The molecule has 3 rings (SSSR count). The van der Waals surface area contributed by atoms with E-state index >= 15 is 0 Å². The molecule has 1 N–H and O–H groups in total. The van der Waals surface area contributed by atoms with Gasteiger partial charge in [0.15, 0.2) is 0 Å². The zero-order valence-corrected chi connectivity index (χ0v) is 9.72. The fourth-order valence-electron chi connectivity index (χ4n) is 2.29. The van der Waals surface area contributed by atoms with Crippen LogP contribution in [0.2, 0.25) is 0 Å². The second-order valence-electron chi connectivity index (χ2n) is 4.41. The Morgan fingerprint density at radius 3 is 2.67 bits per heavy atom. The Morgan fingerprint density at radius 2 is 1.94 bits per heavy atom. The molecule has 0 amide bonds. The number of carbonyl (C=O) groups is 1. The molecule has 0 unspecified atom stereocenters. The summed E-state index contributed by atoms with van der Waals surface area (Å²) in [6, 6.07) is 5.99. The molecule has 1 aromatic heterocycles. The third kappa shape index (κ3) is 1.88. The van der Waals surface area contributed by atoms with Crippen molar-refractivity contribution in [2.45, 2.75) is 25.7 Å². The molecule has 1 aliphatic carbocycles. The molecule has 0 radical (unpaired) electrons. The molecule has 1 aliphatic rings. The van der Waals surface area contributed by atoms with E-state index in [0.29, 0.717) is 0 Å². The minimum atomic E-state index is -1.20. The van der Waals surface area contributed by atoms with Crippen LogP contribution in [0.5, 0.6) is 0 Å². The second kappa shape index (κ2) is 4.25. The number of fused-ring (bicyclic) bond motifs is 1. The van der Waals surface area contributed by atoms with E-state index < -0.39 is 5.97 Å². The molecule has 1 aromatic carbocycles. The first-order chi connectivity index (χ1) is 8.74. The van der Waals surface area contributed by atoms with E-state index in [2.05, 4.69) is 16.3 Å². The van der Waals surface area contributed by atoms with E-state index in [4.69, 9.17) is 9.52 Å². The number of hydrogen-bond acceptors (Lipinski definition) is 4.